The van der Waals surface area contributed by atoms with Crippen molar-refractivity contribution in [1.29, 1.82) is 0 Å². The van der Waals surface area contributed by atoms with E-state index in [9.17, 15) is 17.6 Å². The molecule has 2 rings (SSSR count). The molecule has 2 N–H and O–H groups in total. The van der Waals surface area contributed by atoms with Crippen LogP contribution in [0.5, 0.6) is 0 Å². The summed E-state index contributed by atoms with van der Waals surface area (Å²) in [6.07, 6.45) is -3.05. The van der Waals surface area contributed by atoms with Gasteiger partial charge in [-0.1, -0.05) is 17.7 Å². The van der Waals surface area contributed by atoms with Crippen LogP contribution in [0.2, 0.25) is 5.02 Å². The van der Waals surface area contributed by atoms with Gasteiger partial charge < -0.3 is 5.73 Å². The zero-order valence-corrected chi connectivity index (χ0v) is 13.0. The third-order valence-electron chi connectivity index (χ3n) is 4.43. The van der Waals surface area contributed by atoms with Gasteiger partial charge in [-0.05, 0) is 56.5 Å². The van der Waals surface area contributed by atoms with Crippen molar-refractivity contribution in [3.63, 3.8) is 0 Å². The molecule has 1 aliphatic rings. The first-order valence-corrected chi connectivity index (χ1v) is 7.59. The monoisotopic (exact) mass is 338 g/mol. The smallest absolute Gasteiger partial charge is 0.324 e. The lowest BCUT2D eigenvalue weighted by Crippen LogP contribution is -2.48. The maximum Gasteiger partial charge on any atom is 0.403 e. The molecule has 0 aliphatic carbocycles. The maximum absolute atomic E-state index is 13.2. The highest BCUT2D eigenvalue weighted by Gasteiger charge is 2.41. The Bertz CT molecular complexity index is 513. The molecule has 0 amide bonds. The highest BCUT2D eigenvalue weighted by molar-refractivity contribution is 6.30. The Morgan fingerprint density at radius 1 is 1.27 bits per heavy atom. The molecule has 1 aliphatic heterocycles. The molecular formula is C15H19ClF4N2. The van der Waals surface area contributed by atoms with Gasteiger partial charge in [-0.3, -0.25) is 4.90 Å². The summed E-state index contributed by atoms with van der Waals surface area (Å²) in [5.41, 5.74) is 6.89. The predicted molar refractivity (Wildman–Crippen MR) is 78.2 cm³/mol. The van der Waals surface area contributed by atoms with Gasteiger partial charge in [0.2, 0.25) is 0 Å². The zero-order chi connectivity index (χ0) is 16.5. The Balaban J connectivity index is 1.97. The number of halogens is 5. The van der Waals surface area contributed by atoms with Crippen molar-refractivity contribution in [3.05, 3.63) is 34.6 Å². The summed E-state index contributed by atoms with van der Waals surface area (Å²) in [5.74, 6) is -0.440. The molecule has 2 atom stereocenters. The van der Waals surface area contributed by atoms with Gasteiger partial charge in [-0.2, -0.15) is 13.2 Å². The highest BCUT2D eigenvalue weighted by Crippen LogP contribution is 2.33. The van der Waals surface area contributed by atoms with Crippen LogP contribution in [0.25, 0.3) is 0 Å². The molecule has 2 unspecified atom stereocenters. The normalized spacial score (nSPS) is 20.9. The van der Waals surface area contributed by atoms with Crippen LogP contribution < -0.4 is 5.73 Å². The number of likely N-dealkylation sites (tertiary alicyclic amines) is 1. The maximum atomic E-state index is 13.2. The number of nitrogens with two attached hydrogens (primary N) is 1. The first-order valence-electron chi connectivity index (χ1n) is 7.21. The summed E-state index contributed by atoms with van der Waals surface area (Å²) in [5, 5.41) is 0.0103. The second-order valence-corrected chi connectivity index (χ2v) is 6.20. The van der Waals surface area contributed by atoms with Crippen LogP contribution in [-0.4, -0.2) is 30.2 Å². The third-order valence-corrected chi connectivity index (χ3v) is 4.72. The van der Waals surface area contributed by atoms with Crippen LogP contribution >= 0.6 is 11.6 Å². The van der Waals surface area contributed by atoms with E-state index in [0.717, 1.165) is 0 Å². The molecule has 0 radical (unpaired) electrons. The molecule has 1 heterocycles. The molecule has 1 aromatic carbocycles. The van der Waals surface area contributed by atoms with E-state index in [1.54, 1.807) is 6.07 Å². The fraction of sp³-hybridized carbons (Fsp3) is 0.600. The Morgan fingerprint density at radius 2 is 1.86 bits per heavy atom. The second kappa shape index (κ2) is 6.72. The van der Waals surface area contributed by atoms with Gasteiger partial charge in [0.05, 0.1) is 5.02 Å². The van der Waals surface area contributed by atoms with E-state index in [1.165, 1.54) is 24.0 Å². The third kappa shape index (κ3) is 3.91. The Kier molecular flexibility index (Phi) is 5.35. The summed E-state index contributed by atoms with van der Waals surface area (Å²) in [7, 11) is 0. The van der Waals surface area contributed by atoms with Crippen LogP contribution in [0.15, 0.2) is 18.2 Å². The second-order valence-electron chi connectivity index (χ2n) is 5.79. The van der Waals surface area contributed by atoms with E-state index in [2.05, 4.69) is 0 Å². The van der Waals surface area contributed by atoms with E-state index in [4.69, 9.17) is 17.3 Å². The Hall–Kier alpha value is -0.850. The Morgan fingerprint density at radius 3 is 2.36 bits per heavy atom. The largest absolute Gasteiger partial charge is 0.403 e. The molecule has 0 bridgehead atoms. The van der Waals surface area contributed by atoms with Crippen LogP contribution in [0.4, 0.5) is 17.6 Å². The van der Waals surface area contributed by atoms with Crippen LogP contribution in [0, 0.1) is 11.7 Å². The van der Waals surface area contributed by atoms with Gasteiger partial charge in [0.1, 0.15) is 11.9 Å². The molecule has 0 aromatic heterocycles. The van der Waals surface area contributed by atoms with Gasteiger partial charge in [0, 0.05) is 6.04 Å². The number of hydrogen-bond acceptors (Lipinski definition) is 2. The number of piperidine rings is 1. The van der Waals surface area contributed by atoms with Crippen LogP contribution in [0.1, 0.15) is 31.4 Å². The van der Waals surface area contributed by atoms with E-state index in [-0.39, 0.29) is 17.0 Å². The average molecular weight is 339 g/mol. The van der Waals surface area contributed by atoms with E-state index in [1.807, 2.05) is 0 Å². The van der Waals surface area contributed by atoms with Crippen LogP contribution in [0.3, 0.4) is 0 Å². The van der Waals surface area contributed by atoms with Gasteiger partial charge in [0.25, 0.3) is 0 Å². The standard InChI is InChI=1S/C15H19ClF4N2/c1-9(15(18,19)20)22-6-4-10(5-7-22)14(21)11-2-3-13(17)12(16)8-11/h2-3,8-10,14H,4-7,21H2,1H3. The molecule has 2 nitrogen and oxygen atoms in total. The summed E-state index contributed by atoms with van der Waals surface area (Å²) in [6.45, 7) is 1.89. The fourth-order valence-electron chi connectivity index (χ4n) is 2.86. The predicted octanol–water partition coefficient (Wildman–Crippen LogP) is 4.14. The van der Waals surface area contributed by atoms with Crippen molar-refractivity contribution in [2.75, 3.05) is 13.1 Å². The van der Waals surface area contributed by atoms with Crippen LogP contribution in [-0.2, 0) is 0 Å². The first kappa shape index (κ1) is 17.5. The number of hydrogen-bond donors (Lipinski definition) is 1. The van der Waals surface area contributed by atoms with Gasteiger partial charge in [-0.15, -0.1) is 0 Å². The highest BCUT2D eigenvalue weighted by atomic mass is 35.5. The summed E-state index contributed by atoms with van der Waals surface area (Å²) >= 11 is 5.75. The molecule has 0 saturated carbocycles. The molecule has 1 fully saturated rings. The van der Waals surface area contributed by atoms with Crippen molar-refractivity contribution in [2.24, 2.45) is 11.7 Å². The quantitative estimate of drug-likeness (QED) is 0.839. The molecule has 22 heavy (non-hydrogen) atoms. The molecule has 1 saturated heterocycles. The van der Waals surface area contributed by atoms with E-state index < -0.39 is 18.0 Å². The zero-order valence-electron chi connectivity index (χ0n) is 12.2. The van der Waals surface area contributed by atoms with Gasteiger partial charge in [-0.25, -0.2) is 4.39 Å². The topological polar surface area (TPSA) is 29.3 Å². The van der Waals surface area contributed by atoms with Gasteiger partial charge >= 0.3 is 6.18 Å². The lowest BCUT2D eigenvalue weighted by Gasteiger charge is -2.38. The molecule has 0 spiro atoms. The number of benzene rings is 1. The lowest BCUT2D eigenvalue weighted by molar-refractivity contribution is -0.182. The van der Waals surface area contributed by atoms with Crippen molar-refractivity contribution < 1.29 is 17.6 Å². The molecule has 1 aromatic rings. The van der Waals surface area contributed by atoms with E-state index >= 15 is 0 Å². The summed E-state index contributed by atoms with van der Waals surface area (Å²) in [4.78, 5) is 1.43. The molecule has 124 valence electrons. The van der Waals surface area contributed by atoms with Crippen molar-refractivity contribution in [2.45, 2.75) is 38.0 Å². The minimum Gasteiger partial charge on any atom is -0.324 e. The summed E-state index contributed by atoms with van der Waals surface area (Å²) in [6, 6.07) is 2.55. The molecule has 7 heteroatoms. The van der Waals surface area contributed by atoms with Crippen molar-refractivity contribution in [1.82, 2.24) is 4.90 Å². The number of rotatable bonds is 3. The van der Waals surface area contributed by atoms with Crippen molar-refractivity contribution in [3.8, 4) is 0 Å². The minimum absolute atomic E-state index is 0.0103. The minimum atomic E-state index is -4.21. The summed E-state index contributed by atoms with van der Waals surface area (Å²) < 4.78 is 51.3. The molecular weight excluding hydrogens is 320 g/mol. The SMILES string of the molecule is CC(N1CCC(C(N)c2ccc(F)c(Cl)c2)CC1)C(F)(F)F. The number of alkyl halides is 3. The lowest BCUT2D eigenvalue weighted by atomic mass is 9.85. The average Bonchev–Trinajstić information content (AvgIpc) is 2.48. The van der Waals surface area contributed by atoms with E-state index in [0.29, 0.717) is 31.5 Å². The first-order chi connectivity index (χ1) is 10.2. The Labute approximate surface area is 132 Å². The van der Waals surface area contributed by atoms with Crippen molar-refractivity contribution >= 4 is 11.6 Å². The fourth-order valence-corrected chi connectivity index (χ4v) is 3.05. The number of nitrogens with zero attached hydrogens (tertiary/aromatic N) is 1. The van der Waals surface area contributed by atoms with Gasteiger partial charge in [0.15, 0.2) is 0 Å².